The first-order valence-electron chi connectivity index (χ1n) is 8.76. The molecule has 22 heavy (non-hydrogen) atoms. The van der Waals surface area contributed by atoms with Crippen molar-refractivity contribution in [3.63, 3.8) is 0 Å². The van der Waals surface area contributed by atoms with Crippen LogP contribution in [0.3, 0.4) is 0 Å². The largest absolute Gasteiger partial charge is 0.391 e. The van der Waals surface area contributed by atoms with Crippen molar-refractivity contribution in [1.29, 1.82) is 0 Å². The van der Waals surface area contributed by atoms with Crippen LogP contribution in [0.5, 0.6) is 0 Å². The Bertz CT molecular complexity index is 605. The van der Waals surface area contributed by atoms with E-state index >= 15 is 0 Å². The van der Waals surface area contributed by atoms with Gasteiger partial charge >= 0.3 is 0 Å². The van der Waals surface area contributed by atoms with Crippen molar-refractivity contribution in [3.8, 4) is 0 Å². The van der Waals surface area contributed by atoms with Crippen molar-refractivity contribution >= 4 is 5.91 Å². The van der Waals surface area contributed by atoms with Crippen LogP contribution in [-0.4, -0.2) is 44.4 Å². The Kier molecular flexibility index (Phi) is 2.72. The van der Waals surface area contributed by atoms with Gasteiger partial charge in [0.05, 0.1) is 18.2 Å². The summed E-state index contributed by atoms with van der Waals surface area (Å²) in [6.07, 6.45) is 8.38. The molecule has 1 aliphatic heterocycles. The molecule has 0 radical (unpaired) electrons. The number of aromatic nitrogens is 2. The molecular weight excluding hydrogens is 278 g/mol. The van der Waals surface area contributed by atoms with Gasteiger partial charge in [-0.2, -0.15) is 5.10 Å². The third kappa shape index (κ3) is 1.63. The van der Waals surface area contributed by atoms with Gasteiger partial charge in [-0.25, -0.2) is 0 Å². The summed E-state index contributed by atoms with van der Waals surface area (Å²) < 4.78 is 1.95. The molecule has 3 aliphatic carbocycles. The van der Waals surface area contributed by atoms with Crippen LogP contribution in [0.1, 0.15) is 55.1 Å². The summed E-state index contributed by atoms with van der Waals surface area (Å²) in [5.74, 6) is 1.66. The second kappa shape index (κ2) is 4.57. The third-order valence-corrected chi connectivity index (χ3v) is 6.67. The van der Waals surface area contributed by atoms with E-state index in [4.69, 9.17) is 0 Å². The topological polar surface area (TPSA) is 58.4 Å². The van der Waals surface area contributed by atoms with Gasteiger partial charge < -0.3 is 10.0 Å². The number of aliphatic hydroxyl groups excluding tert-OH is 1. The van der Waals surface area contributed by atoms with Gasteiger partial charge in [-0.15, -0.1) is 0 Å². The van der Waals surface area contributed by atoms with Gasteiger partial charge in [-0.1, -0.05) is 12.8 Å². The number of carbonyl (C=O) groups excluding carboxylic acids is 1. The first-order valence-corrected chi connectivity index (χ1v) is 8.76. The molecule has 5 rings (SSSR count). The van der Waals surface area contributed by atoms with E-state index < -0.39 is 0 Å². The summed E-state index contributed by atoms with van der Waals surface area (Å²) in [4.78, 5) is 15.1. The zero-order chi connectivity index (χ0) is 14.8. The maximum atomic E-state index is 13.1. The normalized spacial score (nSPS) is 40.0. The summed E-state index contributed by atoms with van der Waals surface area (Å²) in [6, 6.07) is 2.30. The molecule has 1 aromatic rings. The molecule has 2 heterocycles. The maximum Gasteiger partial charge on any atom is 0.272 e. The monoisotopic (exact) mass is 301 g/mol. The van der Waals surface area contributed by atoms with Crippen LogP contribution in [0.15, 0.2) is 12.3 Å². The van der Waals surface area contributed by atoms with E-state index in [-0.39, 0.29) is 18.1 Å². The van der Waals surface area contributed by atoms with Gasteiger partial charge in [0.15, 0.2) is 0 Å². The van der Waals surface area contributed by atoms with E-state index in [0.29, 0.717) is 23.8 Å². The summed E-state index contributed by atoms with van der Waals surface area (Å²) in [7, 11) is 0. The van der Waals surface area contributed by atoms with Gasteiger partial charge in [0.1, 0.15) is 5.69 Å². The Hall–Kier alpha value is -1.36. The lowest BCUT2D eigenvalue weighted by molar-refractivity contribution is 0.0392. The molecule has 5 nitrogen and oxygen atoms in total. The van der Waals surface area contributed by atoms with Crippen molar-refractivity contribution in [2.45, 2.75) is 56.7 Å². The standard InChI is InChI=1S/C17H23N3O2/c21-16-10-7-11-9-19(15(16)13(11)8-10)17(22)14-5-6-18-20(14)12-3-1-2-4-12/h5-6,10-13,15-16,21H,1-4,7-9H2. The lowest BCUT2D eigenvalue weighted by atomic mass is 9.88. The van der Waals surface area contributed by atoms with Crippen LogP contribution in [0.2, 0.25) is 0 Å². The van der Waals surface area contributed by atoms with Gasteiger partial charge in [0.2, 0.25) is 0 Å². The molecule has 1 amide bonds. The van der Waals surface area contributed by atoms with Crippen LogP contribution in [0, 0.1) is 17.8 Å². The highest BCUT2D eigenvalue weighted by atomic mass is 16.3. The minimum atomic E-state index is -0.310. The Morgan fingerprint density at radius 2 is 2.05 bits per heavy atom. The second-order valence-corrected chi connectivity index (χ2v) is 7.69. The number of hydrogen-bond acceptors (Lipinski definition) is 3. The average molecular weight is 301 g/mol. The number of rotatable bonds is 2. The van der Waals surface area contributed by atoms with E-state index in [0.717, 1.165) is 37.9 Å². The summed E-state index contributed by atoms with van der Waals surface area (Å²) in [5, 5.41) is 14.9. The van der Waals surface area contributed by atoms with Gasteiger partial charge in [0.25, 0.3) is 5.91 Å². The van der Waals surface area contributed by atoms with E-state index in [1.807, 2.05) is 15.6 Å². The van der Waals surface area contributed by atoms with E-state index in [1.54, 1.807) is 6.20 Å². The predicted molar refractivity (Wildman–Crippen MR) is 80.3 cm³/mol. The van der Waals surface area contributed by atoms with Gasteiger partial charge in [-0.05, 0) is 49.5 Å². The molecule has 0 spiro atoms. The minimum Gasteiger partial charge on any atom is -0.391 e. The first-order chi connectivity index (χ1) is 10.7. The quantitative estimate of drug-likeness (QED) is 0.907. The van der Waals surface area contributed by atoms with Gasteiger partial charge in [-0.3, -0.25) is 9.48 Å². The van der Waals surface area contributed by atoms with E-state index in [2.05, 4.69) is 5.10 Å². The fourth-order valence-corrected chi connectivity index (χ4v) is 5.72. The van der Waals surface area contributed by atoms with E-state index in [9.17, 15) is 9.90 Å². The molecule has 1 aromatic heterocycles. The van der Waals surface area contributed by atoms with Crippen LogP contribution >= 0.6 is 0 Å². The highest BCUT2D eigenvalue weighted by Crippen LogP contribution is 2.55. The molecule has 2 bridgehead atoms. The molecule has 3 saturated carbocycles. The minimum absolute atomic E-state index is 0.0585. The fourth-order valence-electron chi connectivity index (χ4n) is 5.72. The number of fused-ring (bicyclic) bond motifs is 1. The second-order valence-electron chi connectivity index (χ2n) is 7.69. The number of hydrogen-bond donors (Lipinski definition) is 1. The van der Waals surface area contributed by atoms with Crippen molar-refractivity contribution in [3.05, 3.63) is 18.0 Å². The van der Waals surface area contributed by atoms with Crippen LogP contribution in [0.4, 0.5) is 0 Å². The smallest absolute Gasteiger partial charge is 0.272 e. The molecule has 5 heteroatoms. The van der Waals surface area contributed by atoms with E-state index in [1.165, 1.54) is 12.8 Å². The number of amides is 1. The summed E-state index contributed by atoms with van der Waals surface area (Å²) >= 11 is 0. The Balaban J connectivity index is 1.45. The molecule has 1 saturated heterocycles. The van der Waals surface area contributed by atoms with Crippen molar-refractivity contribution in [1.82, 2.24) is 14.7 Å². The molecule has 1 N–H and O–H groups in total. The van der Waals surface area contributed by atoms with Crippen LogP contribution < -0.4 is 0 Å². The third-order valence-electron chi connectivity index (χ3n) is 6.67. The van der Waals surface area contributed by atoms with Crippen molar-refractivity contribution in [2.75, 3.05) is 6.54 Å². The molecule has 5 unspecified atom stereocenters. The number of likely N-dealkylation sites (tertiary alicyclic amines) is 1. The Labute approximate surface area is 130 Å². The van der Waals surface area contributed by atoms with Crippen LogP contribution in [-0.2, 0) is 0 Å². The summed E-state index contributed by atoms with van der Waals surface area (Å²) in [5.41, 5.74) is 0.726. The predicted octanol–water partition coefficient (Wildman–Crippen LogP) is 1.84. The number of nitrogens with zero attached hydrogens (tertiary/aromatic N) is 3. The molecule has 0 aromatic carbocycles. The molecule has 4 fully saturated rings. The average Bonchev–Trinajstić information content (AvgIpc) is 3.26. The molecular formula is C17H23N3O2. The summed E-state index contributed by atoms with van der Waals surface area (Å²) in [6.45, 7) is 0.831. The van der Waals surface area contributed by atoms with Crippen LogP contribution in [0.25, 0.3) is 0 Å². The SMILES string of the molecule is O=C(c1ccnn1C1CCCC1)N1CC2CC3CC2C1C3O. The molecule has 5 atom stereocenters. The molecule has 118 valence electrons. The fraction of sp³-hybridized carbons (Fsp3) is 0.765. The highest BCUT2D eigenvalue weighted by Gasteiger charge is 2.60. The zero-order valence-electron chi connectivity index (χ0n) is 12.8. The van der Waals surface area contributed by atoms with Crippen molar-refractivity contribution in [2.24, 2.45) is 17.8 Å². The Morgan fingerprint density at radius 1 is 1.23 bits per heavy atom. The number of carbonyl (C=O) groups is 1. The van der Waals surface area contributed by atoms with Crippen molar-refractivity contribution < 1.29 is 9.90 Å². The van der Waals surface area contributed by atoms with Gasteiger partial charge in [0, 0.05) is 12.7 Å². The molecule has 4 aliphatic rings. The lowest BCUT2D eigenvalue weighted by Crippen LogP contribution is -2.44. The Morgan fingerprint density at radius 3 is 2.82 bits per heavy atom. The first kappa shape index (κ1) is 13.1. The highest BCUT2D eigenvalue weighted by molar-refractivity contribution is 5.93. The zero-order valence-corrected chi connectivity index (χ0v) is 12.8. The number of aliphatic hydroxyl groups is 1. The lowest BCUT2D eigenvalue weighted by Gasteiger charge is -2.29. The maximum absolute atomic E-state index is 13.1.